The third-order valence-corrected chi connectivity index (χ3v) is 3.73. The fraction of sp³-hybridized carbons (Fsp3) is 0.583. The Morgan fingerprint density at radius 1 is 1.31 bits per heavy atom. The summed E-state index contributed by atoms with van der Waals surface area (Å²) in [6.07, 6.45) is 4.97. The highest BCUT2D eigenvalue weighted by Crippen LogP contribution is 2.28. The minimum Gasteiger partial charge on any atom is -0.396 e. The minimum absolute atomic E-state index is 0.106. The van der Waals surface area contributed by atoms with E-state index in [0.29, 0.717) is 5.69 Å². The molecule has 3 N–H and O–H groups in total. The number of hydrogen-bond acceptors (Lipinski definition) is 3. The highest BCUT2D eigenvalue weighted by Gasteiger charge is 2.24. The van der Waals surface area contributed by atoms with Crippen LogP contribution in [0.15, 0.2) is 16.7 Å². The van der Waals surface area contributed by atoms with E-state index >= 15 is 0 Å². The van der Waals surface area contributed by atoms with Crippen LogP contribution in [0.3, 0.4) is 0 Å². The lowest BCUT2D eigenvalue weighted by Gasteiger charge is -2.32. The zero-order valence-corrected chi connectivity index (χ0v) is 11.8. The third kappa shape index (κ3) is 2.88. The van der Waals surface area contributed by atoms with Gasteiger partial charge in [-0.25, -0.2) is 4.98 Å². The second-order valence-corrected chi connectivity index (χ2v) is 4.97. The highest BCUT2D eigenvalue weighted by molar-refractivity contribution is 9.10. The van der Waals surface area contributed by atoms with Crippen molar-refractivity contribution in [2.75, 3.05) is 11.1 Å². The monoisotopic (exact) mass is 285 g/mol. The third-order valence-electron chi connectivity index (χ3n) is 3.30. The summed E-state index contributed by atoms with van der Waals surface area (Å²) >= 11 is 3.36. The van der Waals surface area contributed by atoms with Crippen LogP contribution < -0.4 is 11.1 Å². The zero-order chi connectivity index (χ0) is 12.2. The number of halogens is 1. The predicted molar refractivity (Wildman–Crippen MR) is 73.6 cm³/mol. The first kappa shape index (κ1) is 13.3. The van der Waals surface area contributed by atoms with E-state index in [2.05, 4.69) is 47.0 Å². The standard InChI is InChI=1S/C12H20BrN3/c1-4-12(5-2,6-3)16-11-10(14)7-9(13)8-15-11/h7-8H,4-6,14H2,1-3H3,(H,15,16). The van der Waals surface area contributed by atoms with E-state index in [1.165, 1.54) is 0 Å². The van der Waals surface area contributed by atoms with Crippen LogP contribution in [-0.4, -0.2) is 10.5 Å². The Bertz CT molecular complexity index is 340. The van der Waals surface area contributed by atoms with Crippen molar-refractivity contribution in [1.82, 2.24) is 4.98 Å². The first-order chi connectivity index (χ1) is 7.56. The summed E-state index contributed by atoms with van der Waals surface area (Å²) in [4.78, 5) is 4.32. The van der Waals surface area contributed by atoms with Crippen molar-refractivity contribution in [3.8, 4) is 0 Å². The lowest BCUT2D eigenvalue weighted by molar-refractivity contribution is 0.419. The molecule has 0 atom stereocenters. The van der Waals surface area contributed by atoms with Crippen LogP contribution in [0.2, 0.25) is 0 Å². The number of pyridine rings is 1. The summed E-state index contributed by atoms with van der Waals surface area (Å²) in [7, 11) is 0. The second-order valence-electron chi connectivity index (χ2n) is 4.06. The largest absolute Gasteiger partial charge is 0.396 e. The van der Waals surface area contributed by atoms with Crippen LogP contribution in [0.4, 0.5) is 11.5 Å². The van der Waals surface area contributed by atoms with Crippen LogP contribution in [0.1, 0.15) is 40.0 Å². The normalized spacial score (nSPS) is 11.5. The van der Waals surface area contributed by atoms with Gasteiger partial charge in [0.15, 0.2) is 0 Å². The van der Waals surface area contributed by atoms with Gasteiger partial charge in [-0.15, -0.1) is 0 Å². The van der Waals surface area contributed by atoms with Crippen LogP contribution in [-0.2, 0) is 0 Å². The molecule has 4 heteroatoms. The molecular weight excluding hydrogens is 266 g/mol. The summed E-state index contributed by atoms with van der Waals surface area (Å²) in [6.45, 7) is 6.57. The molecule has 1 rings (SSSR count). The van der Waals surface area contributed by atoms with Gasteiger partial charge in [-0.1, -0.05) is 20.8 Å². The Hall–Kier alpha value is -0.770. The van der Waals surface area contributed by atoms with Crippen molar-refractivity contribution in [3.05, 3.63) is 16.7 Å². The first-order valence-corrected chi connectivity index (χ1v) is 6.55. The van der Waals surface area contributed by atoms with Crippen molar-refractivity contribution < 1.29 is 0 Å². The lowest BCUT2D eigenvalue weighted by Crippen LogP contribution is -2.36. The van der Waals surface area contributed by atoms with Crippen molar-refractivity contribution in [2.24, 2.45) is 0 Å². The number of nitrogens with two attached hydrogens (primary N) is 1. The molecule has 0 fully saturated rings. The van der Waals surface area contributed by atoms with Crippen molar-refractivity contribution in [3.63, 3.8) is 0 Å². The molecule has 0 saturated carbocycles. The smallest absolute Gasteiger partial charge is 0.149 e. The molecule has 0 bridgehead atoms. The molecule has 0 aliphatic carbocycles. The Kier molecular flexibility index (Phi) is 4.59. The van der Waals surface area contributed by atoms with Gasteiger partial charge in [0.1, 0.15) is 5.82 Å². The number of aromatic nitrogens is 1. The molecule has 0 aliphatic rings. The molecule has 0 aromatic carbocycles. The van der Waals surface area contributed by atoms with Gasteiger partial charge in [0, 0.05) is 16.2 Å². The topological polar surface area (TPSA) is 50.9 Å². The predicted octanol–water partition coefficient (Wildman–Crippen LogP) is 3.81. The number of nitrogen functional groups attached to an aromatic ring is 1. The number of nitrogens with zero attached hydrogens (tertiary/aromatic N) is 1. The quantitative estimate of drug-likeness (QED) is 0.865. The minimum atomic E-state index is 0.106. The van der Waals surface area contributed by atoms with Crippen LogP contribution in [0.25, 0.3) is 0 Å². The van der Waals surface area contributed by atoms with Gasteiger partial charge in [-0.05, 0) is 41.3 Å². The van der Waals surface area contributed by atoms with E-state index in [4.69, 9.17) is 5.73 Å². The van der Waals surface area contributed by atoms with Crippen LogP contribution >= 0.6 is 15.9 Å². The highest BCUT2D eigenvalue weighted by atomic mass is 79.9. The Morgan fingerprint density at radius 2 is 1.88 bits per heavy atom. The van der Waals surface area contributed by atoms with Gasteiger partial charge in [-0.2, -0.15) is 0 Å². The number of anilines is 2. The number of rotatable bonds is 5. The van der Waals surface area contributed by atoms with Crippen LogP contribution in [0, 0.1) is 0 Å². The molecule has 90 valence electrons. The molecule has 0 unspecified atom stereocenters. The molecule has 1 aromatic rings. The molecule has 0 saturated heterocycles. The van der Waals surface area contributed by atoms with Crippen LogP contribution in [0.5, 0.6) is 0 Å². The maximum absolute atomic E-state index is 5.94. The van der Waals surface area contributed by atoms with Gasteiger partial charge < -0.3 is 11.1 Å². The summed E-state index contributed by atoms with van der Waals surface area (Å²) in [5, 5.41) is 3.48. The average Bonchev–Trinajstić information content (AvgIpc) is 2.29. The van der Waals surface area contributed by atoms with Crippen molar-refractivity contribution in [1.29, 1.82) is 0 Å². The molecule has 0 radical (unpaired) electrons. The second kappa shape index (κ2) is 5.53. The molecule has 16 heavy (non-hydrogen) atoms. The van der Waals surface area contributed by atoms with Crippen molar-refractivity contribution in [2.45, 2.75) is 45.6 Å². The van der Waals surface area contributed by atoms with E-state index in [9.17, 15) is 0 Å². The van der Waals surface area contributed by atoms with E-state index in [1.54, 1.807) is 6.20 Å². The summed E-state index contributed by atoms with van der Waals surface area (Å²) in [5.41, 5.74) is 6.73. The molecule has 3 nitrogen and oxygen atoms in total. The number of hydrogen-bond donors (Lipinski definition) is 2. The van der Waals surface area contributed by atoms with E-state index in [0.717, 1.165) is 29.6 Å². The first-order valence-electron chi connectivity index (χ1n) is 5.76. The van der Waals surface area contributed by atoms with Gasteiger partial charge >= 0.3 is 0 Å². The maximum Gasteiger partial charge on any atom is 0.149 e. The van der Waals surface area contributed by atoms with Gasteiger partial charge in [0.25, 0.3) is 0 Å². The molecular formula is C12H20BrN3. The SMILES string of the molecule is CCC(CC)(CC)Nc1ncc(Br)cc1N. The van der Waals surface area contributed by atoms with E-state index < -0.39 is 0 Å². The Labute approximate surface area is 106 Å². The van der Waals surface area contributed by atoms with Gasteiger partial charge in [-0.3, -0.25) is 0 Å². The summed E-state index contributed by atoms with van der Waals surface area (Å²) in [5.74, 6) is 0.786. The maximum atomic E-state index is 5.94. The van der Waals surface area contributed by atoms with Crippen molar-refractivity contribution >= 4 is 27.4 Å². The molecule has 0 aliphatic heterocycles. The number of nitrogens with one attached hydrogen (secondary N) is 1. The lowest BCUT2D eigenvalue weighted by atomic mass is 9.90. The average molecular weight is 286 g/mol. The fourth-order valence-electron chi connectivity index (χ4n) is 1.83. The molecule has 1 heterocycles. The Morgan fingerprint density at radius 3 is 2.31 bits per heavy atom. The van der Waals surface area contributed by atoms with Gasteiger partial charge in [0.05, 0.1) is 5.69 Å². The van der Waals surface area contributed by atoms with E-state index in [1.807, 2.05) is 6.07 Å². The molecule has 0 spiro atoms. The Balaban J connectivity index is 2.93. The summed E-state index contributed by atoms with van der Waals surface area (Å²) < 4.78 is 0.908. The molecule has 0 amide bonds. The summed E-state index contributed by atoms with van der Waals surface area (Å²) in [6, 6.07) is 1.88. The zero-order valence-electron chi connectivity index (χ0n) is 10.2. The van der Waals surface area contributed by atoms with E-state index in [-0.39, 0.29) is 5.54 Å². The molecule has 1 aromatic heterocycles. The fourth-order valence-corrected chi connectivity index (χ4v) is 2.17. The van der Waals surface area contributed by atoms with Gasteiger partial charge in [0.2, 0.25) is 0 Å².